The topological polar surface area (TPSA) is 45.7 Å². The van der Waals surface area contributed by atoms with Gasteiger partial charge in [-0.2, -0.15) is 0 Å². The molecule has 0 spiro atoms. The van der Waals surface area contributed by atoms with Gasteiger partial charge >= 0.3 is 0 Å². The Morgan fingerprint density at radius 1 is 1.15 bits per heavy atom. The summed E-state index contributed by atoms with van der Waals surface area (Å²) in [4.78, 5) is 23.0. The fourth-order valence-electron chi connectivity index (χ4n) is 2.67. The van der Waals surface area contributed by atoms with Gasteiger partial charge in [-0.25, -0.2) is 4.98 Å². The fourth-order valence-corrected chi connectivity index (χ4v) is 4.31. The molecule has 7 heteroatoms. The predicted octanol–water partition coefficient (Wildman–Crippen LogP) is 4.24. The first-order valence-corrected chi connectivity index (χ1v) is 10.6. The molecular weight excluding hydrogens is 378 g/mol. The van der Waals surface area contributed by atoms with E-state index in [1.807, 2.05) is 38.6 Å². The van der Waals surface area contributed by atoms with E-state index in [9.17, 15) is 4.79 Å². The summed E-state index contributed by atoms with van der Waals surface area (Å²) in [7, 11) is 5.62. The molecule has 0 radical (unpaired) electrons. The average molecular weight is 402 g/mol. The van der Waals surface area contributed by atoms with Crippen molar-refractivity contribution in [1.82, 2.24) is 9.88 Å². The number of benzene rings is 2. The SMILES string of the molecule is COc1ccc(C(=O)N(CCN(C)C)c2nc3c(SC)cccc3s2)cc1. The van der Waals surface area contributed by atoms with Gasteiger partial charge in [0.2, 0.25) is 0 Å². The molecule has 0 saturated carbocycles. The second-order valence-corrected chi connectivity index (χ2v) is 8.15. The fraction of sp³-hybridized carbons (Fsp3) is 0.300. The molecule has 1 aromatic heterocycles. The summed E-state index contributed by atoms with van der Waals surface area (Å²) in [6.07, 6.45) is 2.04. The van der Waals surface area contributed by atoms with Crippen LogP contribution in [-0.2, 0) is 0 Å². The number of methoxy groups -OCH3 is 1. The summed E-state index contributed by atoms with van der Waals surface area (Å²) in [5.74, 6) is 0.681. The molecule has 1 amide bonds. The van der Waals surface area contributed by atoms with Gasteiger partial charge in [0.25, 0.3) is 5.91 Å². The number of fused-ring (bicyclic) bond motifs is 1. The predicted molar refractivity (Wildman–Crippen MR) is 115 cm³/mol. The number of carbonyl (C=O) groups excluding carboxylic acids is 1. The van der Waals surface area contributed by atoms with Crippen molar-refractivity contribution >= 4 is 44.4 Å². The van der Waals surface area contributed by atoms with Crippen molar-refractivity contribution in [2.24, 2.45) is 0 Å². The number of carbonyl (C=O) groups is 1. The third kappa shape index (κ3) is 4.43. The lowest BCUT2D eigenvalue weighted by atomic mass is 10.2. The summed E-state index contributed by atoms with van der Waals surface area (Å²) in [5, 5.41) is 0.731. The van der Waals surface area contributed by atoms with E-state index in [0.717, 1.165) is 32.5 Å². The van der Waals surface area contributed by atoms with E-state index in [1.165, 1.54) is 0 Å². The maximum Gasteiger partial charge on any atom is 0.260 e. The van der Waals surface area contributed by atoms with Gasteiger partial charge in [-0.15, -0.1) is 11.8 Å². The molecule has 0 bridgehead atoms. The second-order valence-electron chi connectivity index (χ2n) is 6.29. The highest BCUT2D eigenvalue weighted by atomic mass is 32.2. The number of hydrogen-bond acceptors (Lipinski definition) is 6. The van der Waals surface area contributed by atoms with Crippen molar-refractivity contribution in [1.29, 1.82) is 0 Å². The zero-order chi connectivity index (χ0) is 19.4. The van der Waals surface area contributed by atoms with Gasteiger partial charge in [-0.05, 0) is 56.7 Å². The number of nitrogens with zero attached hydrogens (tertiary/aromatic N) is 3. The molecule has 0 aliphatic rings. The molecule has 0 aliphatic carbocycles. The Morgan fingerprint density at radius 3 is 2.52 bits per heavy atom. The van der Waals surface area contributed by atoms with Crippen LogP contribution in [0.5, 0.6) is 5.75 Å². The van der Waals surface area contributed by atoms with E-state index in [-0.39, 0.29) is 5.91 Å². The molecule has 1 heterocycles. The molecule has 5 nitrogen and oxygen atoms in total. The summed E-state index contributed by atoms with van der Waals surface area (Å²) >= 11 is 3.22. The minimum Gasteiger partial charge on any atom is -0.497 e. The first kappa shape index (κ1) is 19.7. The number of hydrogen-bond donors (Lipinski definition) is 0. The smallest absolute Gasteiger partial charge is 0.260 e. The molecule has 0 aliphatic heterocycles. The van der Waals surface area contributed by atoms with Crippen LogP contribution in [0.1, 0.15) is 10.4 Å². The zero-order valence-electron chi connectivity index (χ0n) is 15.9. The lowest BCUT2D eigenvalue weighted by Crippen LogP contribution is -2.36. The second kappa shape index (κ2) is 8.73. The van der Waals surface area contributed by atoms with Crippen LogP contribution in [-0.4, -0.2) is 56.3 Å². The van der Waals surface area contributed by atoms with Gasteiger partial charge in [-0.3, -0.25) is 9.69 Å². The highest BCUT2D eigenvalue weighted by Crippen LogP contribution is 2.34. The molecule has 142 valence electrons. The Labute approximate surface area is 168 Å². The van der Waals surface area contributed by atoms with Crippen LogP contribution in [0.3, 0.4) is 0 Å². The Morgan fingerprint density at radius 2 is 1.89 bits per heavy atom. The summed E-state index contributed by atoms with van der Waals surface area (Å²) in [6.45, 7) is 1.33. The van der Waals surface area contributed by atoms with Gasteiger partial charge in [0.1, 0.15) is 5.75 Å². The molecule has 27 heavy (non-hydrogen) atoms. The Kier molecular flexibility index (Phi) is 6.36. The molecule has 0 N–H and O–H groups in total. The van der Waals surface area contributed by atoms with Crippen molar-refractivity contribution in [2.45, 2.75) is 4.90 Å². The number of likely N-dealkylation sites (N-methyl/N-ethyl adjacent to an activating group) is 1. The highest BCUT2D eigenvalue weighted by Gasteiger charge is 2.22. The maximum absolute atomic E-state index is 13.2. The van der Waals surface area contributed by atoms with Gasteiger partial charge in [0.05, 0.1) is 17.3 Å². The molecule has 0 unspecified atom stereocenters. The van der Waals surface area contributed by atoms with Gasteiger partial charge in [0.15, 0.2) is 5.13 Å². The van der Waals surface area contributed by atoms with Gasteiger partial charge < -0.3 is 9.64 Å². The molecule has 3 aromatic rings. The lowest BCUT2D eigenvalue weighted by Gasteiger charge is -2.22. The number of thioether (sulfide) groups is 1. The van der Waals surface area contributed by atoms with Gasteiger partial charge in [-0.1, -0.05) is 17.4 Å². The third-order valence-electron chi connectivity index (χ3n) is 4.17. The Bertz CT molecular complexity index is 923. The number of aromatic nitrogens is 1. The number of para-hydroxylation sites is 1. The minimum atomic E-state index is -0.0516. The first-order chi connectivity index (χ1) is 13.0. The zero-order valence-corrected chi connectivity index (χ0v) is 17.6. The molecular formula is C20H23N3O2S2. The van der Waals surface area contributed by atoms with Crippen LogP contribution in [0.15, 0.2) is 47.4 Å². The minimum absolute atomic E-state index is 0.0516. The van der Waals surface area contributed by atoms with Crippen molar-refractivity contribution in [2.75, 3.05) is 45.5 Å². The van der Waals surface area contributed by atoms with Crippen molar-refractivity contribution < 1.29 is 9.53 Å². The summed E-state index contributed by atoms with van der Waals surface area (Å²) < 4.78 is 6.29. The van der Waals surface area contributed by atoms with Crippen LogP contribution in [0.4, 0.5) is 5.13 Å². The van der Waals surface area contributed by atoms with Crippen molar-refractivity contribution in [3.63, 3.8) is 0 Å². The van der Waals surface area contributed by atoms with Crippen LogP contribution in [0.25, 0.3) is 10.2 Å². The van der Waals surface area contributed by atoms with E-state index in [4.69, 9.17) is 9.72 Å². The number of rotatable bonds is 7. The maximum atomic E-state index is 13.2. The lowest BCUT2D eigenvalue weighted by molar-refractivity contribution is 0.0985. The van der Waals surface area contributed by atoms with E-state index in [1.54, 1.807) is 47.2 Å². The molecule has 3 rings (SSSR count). The molecule has 0 fully saturated rings. The van der Waals surface area contributed by atoms with Crippen LogP contribution < -0.4 is 9.64 Å². The van der Waals surface area contributed by atoms with Crippen LogP contribution in [0, 0.1) is 0 Å². The van der Waals surface area contributed by atoms with Crippen molar-refractivity contribution in [3.05, 3.63) is 48.0 Å². The summed E-state index contributed by atoms with van der Waals surface area (Å²) in [6, 6.07) is 13.4. The van der Waals surface area contributed by atoms with E-state index < -0.39 is 0 Å². The third-order valence-corrected chi connectivity index (χ3v) is 5.99. The summed E-state index contributed by atoms with van der Waals surface area (Å²) in [5.41, 5.74) is 1.58. The standard InChI is InChI=1S/C20H23N3O2S2/c1-22(2)12-13-23(19(24)14-8-10-15(25-3)11-9-14)20-21-18-16(26-4)6-5-7-17(18)27-20/h5-11H,12-13H2,1-4H3. The first-order valence-electron chi connectivity index (χ1n) is 8.57. The molecule has 0 saturated heterocycles. The van der Waals surface area contributed by atoms with E-state index in [2.05, 4.69) is 17.0 Å². The van der Waals surface area contributed by atoms with E-state index in [0.29, 0.717) is 12.1 Å². The van der Waals surface area contributed by atoms with Gasteiger partial charge in [0, 0.05) is 23.5 Å². The number of ether oxygens (including phenoxy) is 1. The number of amides is 1. The monoisotopic (exact) mass is 401 g/mol. The highest BCUT2D eigenvalue weighted by molar-refractivity contribution is 7.98. The van der Waals surface area contributed by atoms with Crippen LogP contribution >= 0.6 is 23.1 Å². The Balaban J connectivity index is 1.98. The van der Waals surface area contributed by atoms with E-state index >= 15 is 0 Å². The molecule has 2 aromatic carbocycles. The quantitative estimate of drug-likeness (QED) is 0.554. The average Bonchev–Trinajstić information content (AvgIpc) is 3.11. The molecule has 0 atom stereocenters. The van der Waals surface area contributed by atoms with Crippen LogP contribution in [0.2, 0.25) is 0 Å². The Hall–Kier alpha value is -2.09. The number of anilines is 1. The number of thiazole rings is 1. The normalized spacial score (nSPS) is 11.1. The largest absolute Gasteiger partial charge is 0.497 e. The van der Waals surface area contributed by atoms with Crippen molar-refractivity contribution in [3.8, 4) is 5.75 Å².